The Morgan fingerprint density at radius 2 is 1.22 bits per heavy atom. The molecule has 0 spiro atoms. The Hall–Kier alpha value is -3.68. The molecule has 0 unspecified atom stereocenters. The van der Waals surface area contributed by atoms with Crippen LogP contribution in [-0.4, -0.2) is 34.0 Å². The number of hydrogen-bond donors (Lipinski definition) is 3. The fourth-order valence-corrected chi connectivity index (χ4v) is 4.47. The number of nitrogens with one attached hydrogen (secondary N) is 1. The molecule has 0 fully saturated rings. The maximum absolute atomic E-state index is 13.1. The van der Waals surface area contributed by atoms with Crippen LogP contribution in [0.5, 0.6) is 0 Å². The number of ketones is 1. The lowest BCUT2D eigenvalue weighted by atomic mass is 9.73. The number of amides is 1. The number of hydroxylamine groups is 1. The minimum atomic E-state index is -1.60. The molecule has 36 heavy (non-hydrogen) atoms. The Bertz CT molecular complexity index is 941. The average molecular weight is 498 g/mol. The van der Waals surface area contributed by atoms with E-state index in [0.29, 0.717) is 38.5 Å². The minimum Gasteiger partial charge on any atom is -0.481 e. The van der Waals surface area contributed by atoms with Crippen LogP contribution < -0.4 is 5.48 Å². The highest BCUT2D eigenvalue weighted by molar-refractivity contribution is 5.87. The van der Waals surface area contributed by atoms with Crippen molar-refractivity contribution >= 4 is 23.8 Å². The molecule has 2 atom stereocenters. The lowest BCUT2D eigenvalue weighted by Gasteiger charge is -2.30. The number of benzene rings is 2. The fourth-order valence-electron chi connectivity index (χ4n) is 4.47. The molecule has 2 rings (SSSR count). The summed E-state index contributed by atoms with van der Waals surface area (Å²) in [6, 6.07) is 19.1. The molecule has 0 aromatic heterocycles. The number of carboxylic acids is 1. The molecular formula is C28H35NO7. The smallest absolute Gasteiger partial charge is 0.481 e. The molecule has 194 valence electrons. The lowest BCUT2D eigenvalue weighted by molar-refractivity contribution is -0.141. The van der Waals surface area contributed by atoms with Crippen molar-refractivity contribution < 1.29 is 34.2 Å². The molecule has 3 N–H and O–H groups in total. The molecule has 8 heteroatoms. The van der Waals surface area contributed by atoms with Gasteiger partial charge in [0.25, 0.3) is 5.91 Å². The summed E-state index contributed by atoms with van der Waals surface area (Å²) in [4.78, 5) is 52.0. The third kappa shape index (κ3) is 9.17. The zero-order valence-electron chi connectivity index (χ0n) is 20.9. The number of rotatable bonds is 14. The molecule has 0 radical (unpaired) electrons. The van der Waals surface area contributed by atoms with Crippen molar-refractivity contribution in [2.24, 2.45) is 10.8 Å². The van der Waals surface area contributed by atoms with Gasteiger partial charge >= 0.3 is 12.1 Å². The zero-order chi connectivity index (χ0) is 26.6. The highest BCUT2D eigenvalue weighted by Gasteiger charge is 2.36. The normalized spacial score (nSPS) is 14.2. The second kappa shape index (κ2) is 13.4. The van der Waals surface area contributed by atoms with Gasteiger partial charge in [-0.05, 0) is 36.8 Å². The molecule has 0 aliphatic rings. The molecular weight excluding hydrogens is 462 g/mol. The van der Waals surface area contributed by atoms with Crippen molar-refractivity contribution in [3.05, 3.63) is 71.8 Å². The van der Waals surface area contributed by atoms with Crippen molar-refractivity contribution in [2.75, 3.05) is 0 Å². The lowest BCUT2D eigenvalue weighted by Crippen LogP contribution is -2.41. The zero-order valence-corrected chi connectivity index (χ0v) is 20.9. The van der Waals surface area contributed by atoms with Gasteiger partial charge in [-0.2, -0.15) is 5.48 Å². The summed E-state index contributed by atoms with van der Waals surface area (Å²) in [6.07, 6.45) is 1.29. The maximum Gasteiger partial charge on any atom is 0.530 e. The number of carboxylic acid groups (broad SMARTS) is 2. The Morgan fingerprint density at radius 3 is 1.69 bits per heavy atom. The molecule has 1 amide bonds. The summed E-state index contributed by atoms with van der Waals surface area (Å²) >= 11 is 0. The van der Waals surface area contributed by atoms with Crippen molar-refractivity contribution in [1.29, 1.82) is 0 Å². The van der Waals surface area contributed by atoms with Gasteiger partial charge in [0.1, 0.15) is 5.78 Å². The first-order valence-corrected chi connectivity index (χ1v) is 12.1. The summed E-state index contributed by atoms with van der Waals surface area (Å²) in [7, 11) is 0. The predicted molar refractivity (Wildman–Crippen MR) is 134 cm³/mol. The second-order valence-corrected chi connectivity index (χ2v) is 9.77. The van der Waals surface area contributed by atoms with Crippen LogP contribution in [0.3, 0.4) is 0 Å². The number of aliphatic carboxylic acids is 1. The molecule has 2 aromatic carbocycles. The van der Waals surface area contributed by atoms with E-state index in [9.17, 15) is 19.2 Å². The Morgan fingerprint density at radius 1 is 0.750 bits per heavy atom. The van der Waals surface area contributed by atoms with E-state index >= 15 is 0 Å². The van der Waals surface area contributed by atoms with Crippen LogP contribution in [0.25, 0.3) is 0 Å². The molecule has 8 nitrogen and oxygen atoms in total. The van der Waals surface area contributed by atoms with Gasteiger partial charge in [0, 0.05) is 11.8 Å². The van der Waals surface area contributed by atoms with Crippen LogP contribution in [0.1, 0.15) is 63.5 Å². The maximum atomic E-state index is 13.1. The van der Waals surface area contributed by atoms with Crippen LogP contribution in [0.15, 0.2) is 60.7 Å². The van der Waals surface area contributed by atoms with E-state index in [1.165, 1.54) is 0 Å². The van der Waals surface area contributed by atoms with Crippen molar-refractivity contribution in [1.82, 2.24) is 5.48 Å². The summed E-state index contributed by atoms with van der Waals surface area (Å²) in [5.41, 5.74) is 2.30. The molecule has 0 heterocycles. The Labute approximate surface area is 211 Å². The molecule has 0 saturated heterocycles. The van der Waals surface area contributed by atoms with Gasteiger partial charge in [-0.15, -0.1) is 0 Å². The van der Waals surface area contributed by atoms with Gasteiger partial charge < -0.3 is 15.1 Å². The van der Waals surface area contributed by atoms with Gasteiger partial charge in [0.05, 0.1) is 11.8 Å². The second-order valence-electron chi connectivity index (χ2n) is 9.77. The third-order valence-electron chi connectivity index (χ3n) is 6.60. The standard InChI is InChI=1S/C28H35NO7/c1-27(23(30)15-16-24(31)32,19-21-11-5-3-6-12-21)17-9-10-18-28(2,25(33)29-36-26(34)35)20-22-13-7-4-8-14-22/h3-8,11-14H,9-10,15-20H2,1-2H3,(H,29,33)(H,31,32)(H,34,35)/t27-,28-/m1/s1. The van der Waals surface area contributed by atoms with Gasteiger partial charge in [-0.3, -0.25) is 14.4 Å². The SMILES string of the molecule is C[C@@](CCCC[C@](C)(Cc1ccccc1)C(=O)NOC(=O)O)(Cc1ccccc1)C(=O)CCC(=O)O. The van der Waals surface area contributed by atoms with Gasteiger partial charge in [0.2, 0.25) is 0 Å². The van der Waals surface area contributed by atoms with E-state index in [1.54, 1.807) is 6.92 Å². The predicted octanol–water partition coefficient (Wildman–Crippen LogP) is 5.20. The Balaban J connectivity index is 2.10. The molecule has 0 bridgehead atoms. The van der Waals surface area contributed by atoms with Crippen LogP contribution in [0.4, 0.5) is 4.79 Å². The largest absolute Gasteiger partial charge is 0.530 e. The fraction of sp³-hybridized carbons (Fsp3) is 0.429. The molecule has 0 aliphatic carbocycles. The van der Waals surface area contributed by atoms with Crippen LogP contribution >= 0.6 is 0 Å². The van der Waals surface area contributed by atoms with Crippen LogP contribution in [0.2, 0.25) is 0 Å². The minimum absolute atomic E-state index is 0.0284. The summed E-state index contributed by atoms with van der Waals surface area (Å²) in [6.45, 7) is 3.64. The number of carbonyl (C=O) groups excluding carboxylic acids is 2. The van der Waals surface area contributed by atoms with Gasteiger partial charge in [0.15, 0.2) is 0 Å². The first kappa shape index (κ1) is 28.6. The molecule has 0 saturated carbocycles. The van der Waals surface area contributed by atoms with Gasteiger partial charge in [-0.25, -0.2) is 4.79 Å². The van der Waals surface area contributed by atoms with Crippen molar-refractivity contribution in [2.45, 2.75) is 65.2 Å². The topological polar surface area (TPSA) is 130 Å². The number of Topliss-reactive ketones (excluding diaryl/α,β-unsaturated/α-hetero) is 1. The first-order valence-electron chi connectivity index (χ1n) is 12.1. The highest BCUT2D eigenvalue weighted by atomic mass is 16.8. The van der Waals surface area contributed by atoms with Gasteiger partial charge in [-0.1, -0.05) is 87.4 Å². The summed E-state index contributed by atoms with van der Waals surface area (Å²) in [5, 5.41) is 17.8. The number of carbonyl (C=O) groups is 4. The van der Waals surface area contributed by atoms with Crippen molar-refractivity contribution in [3.8, 4) is 0 Å². The Kier molecular flexibility index (Phi) is 10.6. The van der Waals surface area contributed by atoms with E-state index < -0.39 is 28.9 Å². The number of unbranched alkanes of at least 4 members (excludes halogenated alkanes) is 1. The average Bonchev–Trinajstić information content (AvgIpc) is 2.84. The summed E-state index contributed by atoms with van der Waals surface area (Å²) < 4.78 is 0. The van der Waals surface area contributed by atoms with Crippen LogP contribution in [0, 0.1) is 10.8 Å². The molecule has 2 aromatic rings. The van der Waals surface area contributed by atoms with E-state index in [2.05, 4.69) is 4.84 Å². The number of hydrogen-bond acceptors (Lipinski definition) is 5. The van der Waals surface area contributed by atoms with E-state index in [-0.39, 0.29) is 18.6 Å². The molecule has 0 aliphatic heterocycles. The van der Waals surface area contributed by atoms with E-state index in [1.807, 2.05) is 73.1 Å². The third-order valence-corrected chi connectivity index (χ3v) is 6.60. The van der Waals surface area contributed by atoms with E-state index in [4.69, 9.17) is 10.2 Å². The quantitative estimate of drug-likeness (QED) is 0.241. The summed E-state index contributed by atoms with van der Waals surface area (Å²) in [5.74, 6) is -1.62. The monoisotopic (exact) mass is 497 g/mol. The van der Waals surface area contributed by atoms with E-state index in [0.717, 1.165) is 11.1 Å². The van der Waals surface area contributed by atoms with Crippen molar-refractivity contribution in [3.63, 3.8) is 0 Å². The van der Waals surface area contributed by atoms with Crippen LogP contribution in [-0.2, 0) is 32.1 Å². The first-order chi connectivity index (χ1) is 17.0. The highest BCUT2D eigenvalue weighted by Crippen LogP contribution is 2.35.